The van der Waals surface area contributed by atoms with E-state index in [1.807, 2.05) is 0 Å². The number of anilines is 1. The second-order valence-electron chi connectivity index (χ2n) is 7.14. The van der Waals surface area contributed by atoms with Crippen molar-refractivity contribution in [1.29, 1.82) is 0 Å². The number of fused-ring (bicyclic) bond motifs is 1. The number of carbonyl (C=O) groups is 1. The van der Waals surface area contributed by atoms with E-state index in [0.717, 1.165) is 10.6 Å². The molecule has 3 N–H and O–H groups in total. The van der Waals surface area contributed by atoms with Crippen molar-refractivity contribution in [2.75, 3.05) is 18.5 Å². The van der Waals surface area contributed by atoms with Gasteiger partial charge in [0.1, 0.15) is 18.5 Å². The minimum absolute atomic E-state index is 0.0171. The fraction of sp³-hybridized carbons (Fsp3) is 0.182. The molecule has 176 valence electrons. The number of imidazole rings is 1. The fourth-order valence-electron chi connectivity index (χ4n) is 3.10. The third-order valence-electron chi connectivity index (χ3n) is 4.70. The molecule has 0 radical (unpaired) electrons. The third kappa shape index (κ3) is 4.97. The first kappa shape index (κ1) is 23.1. The molecule has 4 aromatic rings. The molecule has 1 amide bonds. The highest BCUT2D eigenvalue weighted by Gasteiger charge is 2.33. The van der Waals surface area contributed by atoms with Gasteiger partial charge in [0.15, 0.2) is 11.3 Å². The summed E-state index contributed by atoms with van der Waals surface area (Å²) in [6, 6.07) is 12.4. The Morgan fingerprint density at radius 2 is 1.91 bits per heavy atom. The van der Waals surface area contributed by atoms with Gasteiger partial charge < -0.3 is 20.3 Å². The van der Waals surface area contributed by atoms with Gasteiger partial charge in [-0.05, 0) is 24.3 Å². The van der Waals surface area contributed by atoms with E-state index in [2.05, 4.69) is 20.4 Å². The minimum Gasteiger partial charge on any atom is -0.475 e. The normalized spacial score (nSPS) is 12.5. The lowest BCUT2D eigenvalue weighted by Crippen LogP contribution is -2.22. The highest BCUT2D eigenvalue weighted by molar-refractivity contribution is 6.02. The molecule has 1 atom stereocenters. The van der Waals surface area contributed by atoms with Crippen molar-refractivity contribution in [2.24, 2.45) is 0 Å². The number of aliphatic hydroxyl groups is 2. The quantitative estimate of drug-likeness (QED) is 0.377. The van der Waals surface area contributed by atoms with Crippen molar-refractivity contribution >= 4 is 17.4 Å². The molecular weight excluding hydrogens is 455 g/mol. The zero-order valence-corrected chi connectivity index (χ0v) is 17.4. The molecule has 0 bridgehead atoms. The van der Waals surface area contributed by atoms with Crippen LogP contribution in [0.25, 0.3) is 16.9 Å². The summed E-state index contributed by atoms with van der Waals surface area (Å²) in [4.78, 5) is 21.0. The zero-order valence-electron chi connectivity index (χ0n) is 17.4. The summed E-state index contributed by atoms with van der Waals surface area (Å²) >= 11 is 0. The third-order valence-corrected chi connectivity index (χ3v) is 4.70. The molecule has 0 aliphatic rings. The maximum Gasteiger partial charge on any atom is 0.417 e. The van der Waals surface area contributed by atoms with Crippen molar-refractivity contribution in [1.82, 2.24) is 19.6 Å². The molecule has 34 heavy (non-hydrogen) atoms. The first-order chi connectivity index (χ1) is 16.3. The Kier molecular flexibility index (Phi) is 6.43. The van der Waals surface area contributed by atoms with Gasteiger partial charge in [-0.25, -0.2) is 9.50 Å². The van der Waals surface area contributed by atoms with Gasteiger partial charge in [-0.2, -0.15) is 23.3 Å². The van der Waals surface area contributed by atoms with Gasteiger partial charge in [-0.15, -0.1) is 0 Å². The Bertz CT molecular complexity index is 1330. The number of aliphatic hydroxyl groups excluding tert-OH is 2. The average Bonchev–Trinajstić information content (AvgIpc) is 3.25. The topological polar surface area (TPSA) is 122 Å². The van der Waals surface area contributed by atoms with E-state index in [-0.39, 0.29) is 40.9 Å². The predicted molar refractivity (Wildman–Crippen MR) is 114 cm³/mol. The van der Waals surface area contributed by atoms with Gasteiger partial charge in [-0.1, -0.05) is 24.3 Å². The molecule has 3 heterocycles. The number of nitrogens with zero attached hydrogens (tertiary/aromatic N) is 4. The van der Waals surface area contributed by atoms with Crippen LogP contribution in [0.4, 0.5) is 19.0 Å². The minimum atomic E-state index is -4.58. The number of carbonyl (C=O) groups excluding carboxylic acids is 1. The Morgan fingerprint density at radius 3 is 2.68 bits per heavy atom. The maximum absolute atomic E-state index is 13.4. The largest absolute Gasteiger partial charge is 0.475 e. The summed E-state index contributed by atoms with van der Waals surface area (Å²) in [5.41, 5.74) is -0.719. The molecule has 0 saturated carbocycles. The molecule has 0 unspecified atom stereocenters. The standard InChI is InChI=1S/C22H18F3N5O4/c23-22(24,25)15-5-2-1-4-14(15)16-8-9-19-26-10-17(30(19)29-16)21(33)28-18-6-3-7-20(27-18)34-12-13(32)11-31/h1-10,13,31-32H,11-12H2,(H,27,28,33)/t13-/m1/s1. The van der Waals surface area contributed by atoms with Crippen LogP contribution in [0.5, 0.6) is 5.88 Å². The van der Waals surface area contributed by atoms with Crippen LogP contribution < -0.4 is 10.1 Å². The number of alkyl halides is 3. The Balaban J connectivity index is 1.61. The van der Waals surface area contributed by atoms with E-state index in [1.54, 1.807) is 6.07 Å². The van der Waals surface area contributed by atoms with Crippen LogP contribution in [0.1, 0.15) is 16.1 Å². The predicted octanol–water partition coefficient (Wildman–Crippen LogP) is 2.79. The van der Waals surface area contributed by atoms with Crippen molar-refractivity contribution in [3.8, 4) is 17.1 Å². The number of nitrogens with one attached hydrogen (secondary N) is 1. The molecule has 1 aromatic carbocycles. The van der Waals surface area contributed by atoms with E-state index in [0.29, 0.717) is 0 Å². The fourth-order valence-corrected chi connectivity index (χ4v) is 3.10. The number of hydrogen-bond donors (Lipinski definition) is 3. The summed E-state index contributed by atoms with van der Waals surface area (Å²) in [7, 11) is 0. The second kappa shape index (κ2) is 9.45. The van der Waals surface area contributed by atoms with E-state index >= 15 is 0 Å². The van der Waals surface area contributed by atoms with E-state index in [9.17, 15) is 23.1 Å². The van der Waals surface area contributed by atoms with Crippen molar-refractivity contribution < 1.29 is 32.9 Å². The molecule has 4 rings (SSSR count). The molecule has 12 heteroatoms. The number of pyridine rings is 1. The van der Waals surface area contributed by atoms with Crippen LogP contribution in [-0.2, 0) is 6.18 Å². The van der Waals surface area contributed by atoms with Crippen LogP contribution in [0.2, 0.25) is 0 Å². The summed E-state index contributed by atoms with van der Waals surface area (Å²) in [6.07, 6.45) is -4.41. The molecule has 9 nitrogen and oxygen atoms in total. The van der Waals surface area contributed by atoms with Gasteiger partial charge >= 0.3 is 6.18 Å². The number of hydrogen-bond acceptors (Lipinski definition) is 7. The van der Waals surface area contributed by atoms with Gasteiger partial charge in [-0.3, -0.25) is 4.79 Å². The van der Waals surface area contributed by atoms with E-state index < -0.39 is 30.4 Å². The molecule has 3 aromatic heterocycles. The van der Waals surface area contributed by atoms with Crippen molar-refractivity contribution in [2.45, 2.75) is 12.3 Å². The van der Waals surface area contributed by atoms with Crippen molar-refractivity contribution in [3.05, 3.63) is 72.1 Å². The number of aromatic nitrogens is 4. The maximum atomic E-state index is 13.4. The van der Waals surface area contributed by atoms with E-state index in [1.165, 1.54) is 48.7 Å². The van der Waals surface area contributed by atoms with Crippen LogP contribution in [0.3, 0.4) is 0 Å². The average molecular weight is 473 g/mol. The molecule has 0 aliphatic heterocycles. The summed E-state index contributed by atoms with van der Waals surface area (Å²) < 4.78 is 46.7. The molecule has 0 spiro atoms. The van der Waals surface area contributed by atoms with Crippen LogP contribution in [0, 0.1) is 0 Å². The molecule has 0 fully saturated rings. The van der Waals surface area contributed by atoms with Crippen LogP contribution in [0.15, 0.2) is 60.8 Å². The van der Waals surface area contributed by atoms with E-state index in [4.69, 9.17) is 9.84 Å². The van der Waals surface area contributed by atoms with Crippen molar-refractivity contribution in [3.63, 3.8) is 0 Å². The number of rotatable bonds is 7. The number of halogens is 3. The smallest absolute Gasteiger partial charge is 0.417 e. The SMILES string of the molecule is O=C(Nc1cccc(OC[C@H](O)CO)n1)c1cnc2ccc(-c3ccccc3C(F)(F)F)nn12. The van der Waals surface area contributed by atoms with Gasteiger partial charge in [0.2, 0.25) is 5.88 Å². The second-order valence-corrected chi connectivity index (χ2v) is 7.14. The van der Waals surface area contributed by atoms with Gasteiger partial charge in [0.05, 0.1) is 24.1 Å². The number of benzene rings is 1. The van der Waals surface area contributed by atoms with Crippen LogP contribution >= 0.6 is 0 Å². The first-order valence-corrected chi connectivity index (χ1v) is 9.98. The lowest BCUT2D eigenvalue weighted by Gasteiger charge is -2.12. The molecule has 0 saturated heterocycles. The number of ether oxygens (including phenoxy) is 1. The summed E-state index contributed by atoms with van der Waals surface area (Å²) in [5.74, 6) is -0.427. The van der Waals surface area contributed by atoms with Crippen LogP contribution in [-0.4, -0.2) is 55.0 Å². The Labute approximate surface area is 190 Å². The highest BCUT2D eigenvalue weighted by Crippen LogP contribution is 2.36. The summed E-state index contributed by atoms with van der Waals surface area (Å²) in [5, 5.41) is 25.0. The number of amides is 1. The molecular formula is C22H18F3N5O4. The molecule has 0 aliphatic carbocycles. The monoisotopic (exact) mass is 473 g/mol. The zero-order chi connectivity index (χ0) is 24.3. The summed E-state index contributed by atoms with van der Waals surface area (Å²) in [6.45, 7) is -0.673. The first-order valence-electron chi connectivity index (χ1n) is 9.98. The lowest BCUT2D eigenvalue weighted by molar-refractivity contribution is -0.137. The van der Waals surface area contributed by atoms with Gasteiger partial charge in [0.25, 0.3) is 5.91 Å². The Hall–Kier alpha value is -4.03. The Morgan fingerprint density at radius 1 is 1.12 bits per heavy atom. The highest BCUT2D eigenvalue weighted by atomic mass is 19.4. The lowest BCUT2D eigenvalue weighted by atomic mass is 10.0. The van der Waals surface area contributed by atoms with Gasteiger partial charge in [0, 0.05) is 11.6 Å².